The quantitative estimate of drug-likeness (QED) is 0.886. The molecule has 3 N–H and O–H groups in total. The number of rotatable bonds is 4. The molecule has 0 aliphatic rings. The number of benzene rings is 1. The Bertz CT molecular complexity index is 542. The molecule has 1 aromatic carbocycles. The third kappa shape index (κ3) is 2.72. The summed E-state index contributed by atoms with van der Waals surface area (Å²) in [5.74, 6) is 1.03. The van der Waals surface area contributed by atoms with Crippen LogP contribution in [-0.4, -0.2) is 17.3 Å². The molecule has 0 amide bonds. The van der Waals surface area contributed by atoms with E-state index in [9.17, 15) is 0 Å². The predicted octanol–water partition coefficient (Wildman–Crippen LogP) is 2.49. The molecule has 2 aromatic rings. The van der Waals surface area contributed by atoms with Gasteiger partial charge in [0, 0.05) is 6.07 Å². The molecule has 0 saturated carbocycles. The maximum absolute atomic E-state index is 6.04. The van der Waals surface area contributed by atoms with Crippen molar-refractivity contribution in [3.05, 3.63) is 29.1 Å². The van der Waals surface area contributed by atoms with Crippen molar-refractivity contribution in [2.24, 2.45) is 5.73 Å². The summed E-state index contributed by atoms with van der Waals surface area (Å²) >= 11 is 6.04. The number of nitrogens with one attached hydrogen (secondary N) is 1. The number of ether oxygens (including phenoxy) is 1. The number of nitrogens with two attached hydrogens (primary N) is 1. The molecule has 96 valence electrons. The van der Waals surface area contributed by atoms with Crippen molar-refractivity contribution in [2.75, 3.05) is 12.4 Å². The van der Waals surface area contributed by atoms with Crippen LogP contribution in [0.3, 0.4) is 0 Å². The second-order valence-corrected chi connectivity index (χ2v) is 4.11. The van der Waals surface area contributed by atoms with Gasteiger partial charge in [-0.25, -0.2) is 0 Å². The van der Waals surface area contributed by atoms with Crippen LogP contribution in [0.15, 0.2) is 22.6 Å². The minimum atomic E-state index is -0.311. The van der Waals surface area contributed by atoms with Crippen LogP contribution >= 0.6 is 11.6 Å². The highest BCUT2D eigenvalue weighted by Gasteiger charge is 2.11. The molecule has 1 atom stereocenters. The lowest BCUT2D eigenvalue weighted by Gasteiger charge is -2.06. The molecule has 0 fully saturated rings. The summed E-state index contributed by atoms with van der Waals surface area (Å²) in [5.41, 5.74) is 6.25. The van der Waals surface area contributed by atoms with E-state index in [1.807, 2.05) is 0 Å². The maximum atomic E-state index is 6.04. The zero-order chi connectivity index (χ0) is 13.1. The van der Waals surface area contributed by atoms with Crippen LogP contribution in [0.25, 0.3) is 0 Å². The summed E-state index contributed by atoms with van der Waals surface area (Å²) in [6.45, 7) is 1.76. The van der Waals surface area contributed by atoms with Crippen molar-refractivity contribution in [1.82, 2.24) is 10.2 Å². The van der Waals surface area contributed by atoms with Gasteiger partial charge in [-0.05, 0) is 19.1 Å². The third-order valence-electron chi connectivity index (χ3n) is 2.25. The summed E-state index contributed by atoms with van der Waals surface area (Å²) in [5, 5.41) is 11.1. The molecule has 0 aliphatic heterocycles. The Morgan fingerprint density at radius 3 is 2.83 bits per heavy atom. The molecule has 0 radical (unpaired) electrons. The van der Waals surface area contributed by atoms with Gasteiger partial charge >= 0.3 is 6.01 Å². The van der Waals surface area contributed by atoms with Gasteiger partial charge in [0.2, 0.25) is 5.89 Å². The van der Waals surface area contributed by atoms with Gasteiger partial charge in [-0.15, -0.1) is 5.10 Å². The molecule has 0 saturated heterocycles. The fourth-order valence-electron chi connectivity index (χ4n) is 1.31. The fourth-order valence-corrected chi connectivity index (χ4v) is 1.48. The zero-order valence-electron chi connectivity index (χ0n) is 9.98. The first-order chi connectivity index (χ1) is 8.60. The number of aromatic nitrogens is 2. The molecule has 18 heavy (non-hydrogen) atoms. The lowest BCUT2D eigenvalue weighted by atomic mass is 10.3. The minimum absolute atomic E-state index is 0.234. The first kappa shape index (κ1) is 12.7. The van der Waals surface area contributed by atoms with E-state index >= 15 is 0 Å². The van der Waals surface area contributed by atoms with E-state index in [0.29, 0.717) is 22.4 Å². The molecule has 0 aliphatic carbocycles. The molecule has 7 heteroatoms. The lowest BCUT2D eigenvalue weighted by molar-refractivity contribution is 0.415. The smallest absolute Gasteiger partial charge is 0.320 e. The number of nitrogens with zero attached hydrogens (tertiary/aromatic N) is 2. The summed E-state index contributed by atoms with van der Waals surface area (Å²) in [6, 6.07) is 5.13. The molecule has 0 bridgehead atoms. The first-order valence-electron chi connectivity index (χ1n) is 5.29. The zero-order valence-corrected chi connectivity index (χ0v) is 10.7. The van der Waals surface area contributed by atoms with Crippen LogP contribution in [-0.2, 0) is 0 Å². The highest BCUT2D eigenvalue weighted by molar-refractivity contribution is 6.33. The predicted molar refractivity (Wildman–Crippen MR) is 68.2 cm³/mol. The molecular weight excluding hydrogens is 256 g/mol. The molecule has 1 unspecified atom stereocenters. The molecule has 1 heterocycles. The van der Waals surface area contributed by atoms with Crippen LogP contribution in [0.2, 0.25) is 5.02 Å². The van der Waals surface area contributed by atoms with Gasteiger partial charge in [-0.2, -0.15) is 0 Å². The summed E-state index contributed by atoms with van der Waals surface area (Å²) in [6.07, 6.45) is 0. The van der Waals surface area contributed by atoms with Gasteiger partial charge in [0.15, 0.2) is 0 Å². The minimum Gasteiger partial charge on any atom is -0.497 e. The first-order valence-corrected chi connectivity index (χ1v) is 5.67. The van der Waals surface area contributed by atoms with Crippen LogP contribution in [0.5, 0.6) is 5.75 Å². The van der Waals surface area contributed by atoms with Crippen molar-refractivity contribution >= 4 is 23.3 Å². The average molecular weight is 269 g/mol. The maximum Gasteiger partial charge on any atom is 0.320 e. The van der Waals surface area contributed by atoms with E-state index in [0.717, 1.165) is 0 Å². The summed E-state index contributed by atoms with van der Waals surface area (Å²) < 4.78 is 10.4. The number of anilines is 2. The van der Waals surface area contributed by atoms with E-state index in [-0.39, 0.29) is 12.1 Å². The van der Waals surface area contributed by atoms with Crippen molar-refractivity contribution in [2.45, 2.75) is 13.0 Å². The van der Waals surface area contributed by atoms with Crippen LogP contribution in [0, 0.1) is 0 Å². The van der Waals surface area contributed by atoms with E-state index < -0.39 is 0 Å². The Morgan fingerprint density at radius 2 is 2.22 bits per heavy atom. The largest absolute Gasteiger partial charge is 0.497 e. The Kier molecular flexibility index (Phi) is 3.69. The van der Waals surface area contributed by atoms with E-state index in [1.165, 1.54) is 0 Å². The summed E-state index contributed by atoms with van der Waals surface area (Å²) in [7, 11) is 1.58. The highest BCUT2D eigenvalue weighted by Crippen LogP contribution is 2.29. The molecule has 0 spiro atoms. The van der Waals surface area contributed by atoms with Crippen LogP contribution in [0.4, 0.5) is 11.7 Å². The number of hydrogen-bond donors (Lipinski definition) is 2. The molecule has 2 rings (SSSR count). The van der Waals surface area contributed by atoms with E-state index in [4.69, 9.17) is 26.5 Å². The topological polar surface area (TPSA) is 86.2 Å². The van der Waals surface area contributed by atoms with E-state index in [2.05, 4.69) is 15.5 Å². The Morgan fingerprint density at radius 1 is 1.44 bits per heavy atom. The standard InChI is InChI=1S/C11H13ClN4O2/c1-6(13)10-15-16-11(18-10)14-9-5-7(17-2)3-4-8(9)12/h3-6H,13H2,1-2H3,(H,14,16). The van der Waals surface area contributed by atoms with Crippen molar-refractivity contribution in [3.63, 3.8) is 0 Å². The molecular formula is C11H13ClN4O2. The van der Waals surface area contributed by atoms with Crippen molar-refractivity contribution in [1.29, 1.82) is 0 Å². The fraction of sp³-hybridized carbons (Fsp3) is 0.273. The van der Waals surface area contributed by atoms with E-state index in [1.54, 1.807) is 32.2 Å². The Balaban J connectivity index is 2.22. The third-order valence-corrected chi connectivity index (χ3v) is 2.57. The number of methoxy groups -OCH3 is 1. The second kappa shape index (κ2) is 5.24. The van der Waals surface area contributed by atoms with Crippen molar-refractivity contribution in [3.8, 4) is 5.75 Å². The monoisotopic (exact) mass is 268 g/mol. The van der Waals surface area contributed by atoms with Crippen LogP contribution in [0.1, 0.15) is 18.9 Å². The number of halogens is 1. The lowest BCUT2D eigenvalue weighted by Crippen LogP contribution is -2.04. The van der Waals surface area contributed by atoms with Gasteiger partial charge in [-0.3, -0.25) is 0 Å². The highest BCUT2D eigenvalue weighted by atomic mass is 35.5. The van der Waals surface area contributed by atoms with Gasteiger partial charge < -0.3 is 20.2 Å². The molecule has 1 aromatic heterocycles. The van der Waals surface area contributed by atoms with Crippen molar-refractivity contribution < 1.29 is 9.15 Å². The Hall–Kier alpha value is -1.79. The number of hydrogen-bond acceptors (Lipinski definition) is 6. The van der Waals surface area contributed by atoms with Crippen LogP contribution < -0.4 is 15.8 Å². The average Bonchev–Trinajstić information content (AvgIpc) is 2.81. The van der Waals surface area contributed by atoms with Gasteiger partial charge in [0.25, 0.3) is 0 Å². The normalized spacial score (nSPS) is 12.2. The SMILES string of the molecule is COc1ccc(Cl)c(Nc2nnc(C(C)N)o2)c1. The van der Waals surface area contributed by atoms with Gasteiger partial charge in [-0.1, -0.05) is 16.7 Å². The van der Waals surface area contributed by atoms with Gasteiger partial charge in [0.05, 0.1) is 23.9 Å². The molecule has 6 nitrogen and oxygen atoms in total. The van der Waals surface area contributed by atoms with Gasteiger partial charge in [0.1, 0.15) is 5.75 Å². The Labute approximate surface area is 109 Å². The summed E-state index contributed by atoms with van der Waals surface area (Å²) in [4.78, 5) is 0. The second-order valence-electron chi connectivity index (χ2n) is 3.70.